The van der Waals surface area contributed by atoms with Crippen molar-refractivity contribution in [2.75, 3.05) is 25.6 Å². The van der Waals surface area contributed by atoms with E-state index in [4.69, 9.17) is 11.6 Å². The first-order chi connectivity index (χ1) is 4.83. The molecule has 0 aromatic carbocycles. The molecule has 0 aromatic rings. The van der Waals surface area contributed by atoms with E-state index in [9.17, 15) is 0 Å². The predicted molar refractivity (Wildman–Crippen MR) is 45.1 cm³/mol. The summed E-state index contributed by atoms with van der Waals surface area (Å²) in [6.07, 6.45) is 4.16. The lowest BCUT2D eigenvalue weighted by molar-refractivity contribution is -0.920. The monoisotopic (exact) mass is 197 g/mol. The van der Waals surface area contributed by atoms with Gasteiger partial charge in [-0.15, -0.1) is 0 Å². The van der Waals surface area contributed by atoms with Crippen LogP contribution in [0.25, 0.3) is 0 Å². The fourth-order valence-electron chi connectivity index (χ4n) is 1.70. The van der Waals surface area contributed by atoms with Crippen LogP contribution < -0.4 is 12.4 Å². The van der Waals surface area contributed by atoms with Crippen molar-refractivity contribution < 1.29 is 16.9 Å². The Balaban J connectivity index is 0.000001000. The molecule has 1 rings (SSSR count). The van der Waals surface area contributed by atoms with Gasteiger partial charge in [-0.1, -0.05) is 11.6 Å². The first-order valence-electron chi connectivity index (χ1n) is 4.24. The van der Waals surface area contributed by atoms with Gasteiger partial charge in [-0.3, -0.25) is 0 Å². The molecule has 0 saturated carbocycles. The van der Waals surface area contributed by atoms with Gasteiger partial charge in [-0.2, -0.15) is 0 Å². The van der Waals surface area contributed by atoms with Crippen LogP contribution in [0.4, 0.5) is 0 Å². The molecule has 0 N–H and O–H groups in total. The van der Waals surface area contributed by atoms with Crippen LogP contribution in [-0.4, -0.2) is 30.1 Å². The second-order valence-electron chi connectivity index (χ2n) is 3.29. The third-order valence-electron chi connectivity index (χ3n) is 2.69. The van der Waals surface area contributed by atoms with Gasteiger partial charge in [0.2, 0.25) is 0 Å². The SMILES string of the molecule is CC[N+]1(CCl)CCCCC1.[Cl-]. The maximum Gasteiger partial charge on any atom is 0.154 e. The van der Waals surface area contributed by atoms with Crippen molar-refractivity contribution in [1.29, 1.82) is 0 Å². The number of halogens is 2. The molecule has 0 unspecified atom stereocenters. The zero-order valence-corrected chi connectivity index (χ0v) is 8.66. The number of likely N-dealkylation sites (tertiary alicyclic amines) is 1. The largest absolute Gasteiger partial charge is 1.00 e. The lowest BCUT2D eigenvalue weighted by Crippen LogP contribution is -3.00. The molecule has 1 heterocycles. The van der Waals surface area contributed by atoms with Gasteiger partial charge < -0.3 is 16.9 Å². The normalized spacial score (nSPS) is 22.4. The van der Waals surface area contributed by atoms with E-state index in [1.165, 1.54) is 38.9 Å². The van der Waals surface area contributed by atoms with Crippen LogP contribution in [0, 0.1) is 0 Å². The third kappa shape index (κ3) is 2.81. The molecule has 0 bridgehead atoms. The molecule has 3 heteroatoms. The number of piperidine rings is 1. The van der Waals surface area contributed by atoms with Gasteiger partial charge >= 0.3 is 0 Å². The van der Waals surface area contributed by atoms with Crippen LogP contribution in [0.1, 0.15) is 26.2 Å². The number of alkyl halides is 1. The van der Waals surface area contributed by atoms with Gasteiger partial charge in [0.05, 0.1) is 19.6 Å². The minimum atomic E-state index is 0. The van der Waals surface area contributed by atoms with Crippen molar-refractivity contribution in [3.63, 3.8) is 0 Å². The predicted octanol–water partition coefficient (Wildman–Crippen LogP) is -0.793. The van der Waals surface area contributed by atoms with Gasteiger partial charge in [0.25, 0.3) is 0 Å². The molecule has 68 valence electrons. The molecular formula is C8H17Cl2N. The van der Waals surface area contributed by atoms with E-state index in [0.29, 0.717) is 0 Å². The summed E-state index contributed by atoms with van der Waals surface area (Å²) < 4.78 is 1.15. The molecule has 1 saturated heterocycles. The van der Waals surface area contributed by atoms with Crippen LogP contribution in [-0.2, 0) is 0 Å². The van der Waals surface area contributed by atoms with E-state index in [0.717, 1.165) is 10.5 Å². The minimum absolute atomic E-state index is 0. The van der Waals surface area contributed by atoms with Crippen LogP contribution in [0.15, 0.2) is 0 Å². The summed E-state index contributed by atoms with van der Waals surface area (Å²) in [6, 6.07) is 0.816. The van der Waals surface area contributed by atoms with Crippen LogP contribution in [0.2, 0.25) is 0 Å². The molecule has 0 aromatic heterocycles. The molecule has 0 aliphatic carbocycles. The lowest BCUT2D eigenvalue weighted by Gasteiger charge is -2.38. The van der Waals surface area contributed by atoms with Crippen molar-refractivity contribution in [3.8, 4) is 0 Å². The average Bonchev–Trinajstić information content (AvgIpc) is 2.06. The summed E-state index contributed by atoms with van der Waals surface area (Å²) in [5.41, 5.74) is 0. The standard InChI is InChI=1S/C8H17ClN.ClH/c1-2-10(8-9)6-4-3-5-7-10;/h2-8H2,1H3;1H/q+1;/p-1. The van der Waals surface area contributed by atoms with Crippen molar-refractivity contribution in [2.45, 2.75) is 26.2 Å². The third-order valence-corrected chi connectivity index (χ3v) is 3.20. The highest BCUT2D eigenvalue weighted by Crippen LogP contribution is 2.18. The van der Waals surface area contributed by atoms with Gasteiger partial charge in [0.1, 0.15) is 0 Å². The number of hydrogen-bond acceptors (Lipinski definition) is 0. The van der Waals surface area contributed by atoms with E-state index in [2.05, 4.69) is 6.92 Å². The smallest absolute Gasteiger partial charge is 0.154 e. The van der Waals surface area contributed by atoms with Gasteiger partial charge in [-0.25, -0.2) is 0 Å². The Kier molecular flexibility index (Phi) is 5.49. The van der Waals surface area contributed by atoms with E-state index in [1.54, 1.807) is 0 Å². The average molecular weight is 198 g/mol. The van der Waals surface area contributed by atoms with Crippen molar-refractivity contribution >= 4 is 11.6 Å². The molecule has 11 heavy (non-hydrogen) atoms. The molecular weight excluding hydrogens is 181 g/mol. The summed E-state index contributed by atoms with van der Waals surface area (Å²) in [6.45, 7) is 6.07. The Labute approximate surface area is 80.7 Å². The summed E-state index contributed by atoms with van der Waals surface area (Å²) in [5, 5.41) is 0. The molecule has 0 atom stereocenters. The maximum atomic E-state index is 5.91. The first-order valence-corrected chi connectivity index (χ1v) is 4.77. The van der Waals surface area contributed by atoms with Crippen LogP contribution >= 0.6 is 11.6 Å². The summed E-state index contributed by atoms with van der Waals surface area (Å²) >= 11 is 5.91. The van der Waals surface area contributed by atoms with Gasteiger partial charge in [-0.05, 0) is 26.2 Å². The van der Waals surface area contributed by atoms with E-state index in [1.807, 2.05) is 0 Å². The maximum absolute atomic E-state index is 5.91. The highest BCUT2D eigenvalue weighted by Gasteiger charge is 2.26. The van der Waals surface area contributed by atoms with E-state index >= 15 is 0 Å². The Morgan fingerprint density at radius 3 is 2.00 bits per heavy atom. The summed E-state index contributed by atoms with van der Waals surface area (Å²) in [7, 11) is 0. The minimum Gasteiger partial charge on any atom is -1.00 e. The topological polar surface area (TPSA) is 0 Å². The second kappa shape index (κ2) is 5.23. The molecule has 0 amide bonds. The Morgan fingerprint density at radius 2 is 1.73 bits per heavy atom. The zero-order valence-electron chi connectivity index (χ0n) is 7.15. The second-order valence-corrected chi connectivity index (χ2v) is 3.52. The van der Waals surface area contributed by atoms with Crippen LogP contribution in [0.5, 0.6) is 0 Å². The molecule has 1 aliphatic heterocycles. The molecule has 0 radical (unpaired) electrons. The molecule has 1 fully saturated rings. The van der Waals surface area contributed by atoms with Crippen LogP contribution in [0.3, 0.4) is 0 Å². The van der Waals surface area contributed by atoms with Crippen molar-refractivity contribution in [1.82, 2.24) is 0 Å². The Hall–Kier alpha value is 0.540. The Morgan fingerprint density at radius 1 is 1.18 bits per heavy atom. The quantitative estimate of drug-likeness (QED) is 0.310. The summed E-state index contributed by atoms with van der Waals surface area (Å²) in [4.78, 5) is 0. The lowest BCUT2D eigenvalue weighted by atomic mass is 10.1. The molecule has 0 spiro atoms. The Bertz CT molecular complexity index is 94.3. The highest BCUT2D eigenvalue weighted by atomic mass is 35.5. The van der Waals surface area contributed by atoms with E-state index in [-0.39, 0.29) is 12.4 Å². The number of nitrogens with zero attached hydrogens (tertiary/aromatic N) is 1. The first kappa shape index (κ1) is 11.5. The molecule has 1 aliphatic rings. The molecule has 1 nitrogen and oxygen atoms in total. The highest BCUT2D eigenvalue weighted by molar-refractivity contribution is 6.16. The summed E-state index contributed by atoms with van der Waals surface area (Å²) in [5.74, 6) is 0. The van der Waals surface area contributed by atoms with Gasteiger partial charge in [0, 0.05) is 0 Å². The fourth-order valence-corrected chi connectivity index (χ4v) is 2.11. The number of rotatable bonds is 2. The number of hydrogen-bond donors (Lipinski definition) is 0. The fraction of sp³-hybridized carbons (Fsp3) is 1.00. The van der Waals surface area contributed by atoms with Gasteiger partial charge in [0.15, 0.2) is 6.00 Å². The zero-order chi connectivity index (χ0) is 7.45. The van der Waals surface area contributed by atoms with Crippen molar-refractivity contribution in [3.05, 3.63) is 0 Å². The van der Waals surface area contributed by atoms with E-state index < -0.39 is 0 Å². The number of quaternary nitrogens is 1. The van der Waals surface area contributed by atoms with Crippen molar-refractivity contribution in [2.24, 2.45) is 0 Å².